The quantitative estimate of drug-likeness (QED) is 0.635. The number of hydrogen-bond donors (Lipinski definition) is 1. The summed E-state index contributed by atoms with van der Waals surface area (Å²) in [6.07, 6.45) is 1.41. The molecule has 0 unspecified atom stereocenters. The second-order valence-electron chi connectivity index (χ2n) is 3.60. The fourth-order valence-electron chi connectivity index (χ4n) is 1.62. The molecular formula is C8H15NO4S. The summed E-state index contributed by atoms with van der Waals surface area (Å²) in [5.41, 5.74) is 4.45. The molecule has 0 aromatic carbocycles. The van der Waals surface area contributed by atoms with Crippen LogP contribution in [0.1, 0.15) is 13.3 Å². The van der Waals surface area contributed by atoms with E-state index in [9.17, 15) is 13.2 Å². The van der Waals surface area contributed by atoms with Gasteiger partial charge in [0.2, 0.25) is 0 Å². The van der Waals surface area contributed by atoms with E-state index in [4.69, 9.17) is 10.5 Å². The summed E-state index contributed by atoms with van der Waals surface area (Å²) < 4.78 is 27.2. The number of hydrogen-bond acceptors (Lipinski definition) is 5. The van der Waals surface area contributed by atoms with Crippen LogP contribution in [0.4, 0.5) is 0 Å². The topological polar surface area (TPSA) is 86.5 Å². The third-order valence-electron chi connectivity index (χ3n) is 2.57. The molecule has 2 N–H and O–H groups in total. The second-order valence-corrected chi connectivity index (χ2v) is 5.83. The number of esters is 1. The SMILES string of the molecule is CCOC(=O)[C@@]1(CN)C[C@H]1S(C)(=O)=O. The van der Waals surface area contributed by atoms with Gasteiger partial charge in [-0.3, -0.25) is 4.79 Å². The molecule has 6 heteroatoms. The van der Waals surface area contributed by atoms with Crippen molar-refractivity contribution in [3.63, 3.8) is 0 Å². The van der Waals surface area contributed by atoms with E-state index in [1.165, 1.54) is 0 Å². The first-order valence-electron chi connectivity index (χ1n) is 4.44. The number of ether oxygens (including phenoxy) is 1. The fraction of sp³-hybridized carbons (Fsp3) is 0.875. The van der Waals surface area contributed by atoms with Gasteiger partial charge in [0.25, 0.3) is 0 Å². The van der Waals surface area contributed by atoms with E-state index >= 15 is 0 Å². The zero-order valence-electron chi connectivity index (χ0n) is 8.32. The van der Waals surface area contributed by atoms with Gasteiger partial charge in [-0.25, -0.2) is 8.42 Å². The van der Waals surface area contributed by atoms with Crippen LogP contribution in [-0.4, -0.2) is 39.0 Å². The summed E-state index contributed by atoms with van der Waals surface area (Å²) >= 11 is 0. The van der Waals surface area contributed by atoms with E-state index in [1.807, 2.05) is 0 Å². The molecule has 0 aromatic heterocycles. The molecule has 0 spiro atoms. The molecule has 0 aromatic rings. The molecule has 0 radical (unpaired) electrons. The lowest BCUT2D eigenvalue weighted by Crippen LogP contribution is -2.32. The Hall–Kier alpha value is -0.620. The molecule has 0 saturated heterocycles. The predicted molar refractivity (Wildman–Crippen MR) is 51.4 cm³/mol. The number of carbonyl (C=O) groups excluding carboxylic acids is 1. The molecule has 0 amide bonds. The minimum atomic E-state index is -3.19. The minimum absolute atomic E-state index is 0.0313. The van der Waals surface area contributed by atoms with Gasteiger partial charge in [0.15, 0.2) is 9.84 Å². The average Bonchev–Trinajstić information content (AvgIpc) is 2.79. The van der Waals surface area contributed by atoms with Crippen LogP contribution in [0.2, 0.25) is 0 Å². The minimum Gasteiger partial charge on any atom is -0.465 e. The molecule has 1 aliphatic carbocycles. The number of sulfone groups is 1. The monoisotopic (exact) mass is 221 g/mol. The molecule has 14 heavy (non-hydrogen) atoms. The Morgan fingerprint density at radius 1 is 1.64 bits per heavy atom. The molecule has 1 aliphatic rings. The van der Waals surface area contributed by atoms with Crippen LogP contribution in [-0.2, 0) is 19.4 Å². The highest BCUT2D eigenvalue weighted by molar-refractivity contribution is 7.91. The Bertz CT molecular complexity index is 337. The Balaban J connectivity index is 2.80. The van der Waals surface area contributed by atoms with Crippen molar-refractivity contribution in [1.29, 1.82) is 0 Å². The summed E-state index contributed by atoms with van der Waals surface area (Å²) in [5.74, 6) is -0.488. The van der Waals surface area contributed by atoms with Gasteiger partial charge in [-0.1, -0.05) is 0 Å². The molecular weight excluding hydrogens is 206 g/mol. The van der Waals surface area contributed by atoms with Crippen molar-refractivity contribution in [2.45, 2.75) is 18.6 Å². The van der Waals surface area contributed by atoms with Crippen LogP contribution >= 0.6 is 0 Å². The highest BCUT2D eigenvalue weighted by Crippen LogP contribution is 2.50. The third-order valence-corrected chi connectivity index (χ3v) is 4.22. The number of rotatable bonds is 4. The summed E-state index contributed by atoms with van der Waals surface area (Å²) in [5, 5.41) is -0.654. The Kier molecular flexibility index (Phi) is 2.87. The molecule has 0 bridgehead atoms. The van der Waals surface area contributed by atoms with Gasteiger partial charge in [-0.2, -0.15) is 0 Å². The van der Waals surface area contributed by atoms with Crippen molar-refractivity contribution in [3.8, 4) is 0 Å². The molecule has 5 nitrogen and oxygen atoms in total. The van der Waals surface area contributed by atoms with E-state index < -0.39 is 26.5 Å². The van der Waals surface area contributed by atoms with Crippen LogP contribution in [0.15, 0.2) is 0 Å². The Morgan fingerprint density at radius 3 is 2.50 bits per heavy atom. The molecule has 1 rings (SSSR count). The van der Waals surface area contributed by atoms with Crippen molar-refractivity contribution in [2.75, 3.05) is 19.4 Å². The molecule has 0 aliphatic heterocycles. The van der Waals surface area contributed by atoms with E-state index in [1.54, 1.807) is 6.92 Å². The molecule has 2 atom stereocenters. The molecule has 82 valence electrons. The lowest BCUT2D eigenvalue weighted by molar-refractivity contribution is -0.149. The van der Waals surface area contributed by atoms with Gasteiger partial charge in [-0.15, -0.1) is 0 Å². The van der Waals surface area contributed by atoms with Gasteiger partial charge >= 0.3 is 5.97 Å². The smallest absolute Gasteiger partial charge is 0.314 e. The van der Waals surface area contributed by atoms with Gasteiger partial charge in [0, 0.05) is 12.8 Å². The molecule has 1 saturated carbocycles. The van der Waals surface area contributed by atoms with Gasteiger partial charge in [0.05, 0.1) is 17.3 Å². The normalized spacial score (nSPS) is 31.2. The maximum absolute atomic E-state index is 11.4. The van der Waals surface area contributed by atoms with Gasteiger partial charge < -0.3 is 10.5 Å². The summed E-state index contributed by atoms with van der Waals surface area (Å²) in [4.78, 5) is 11.4. The lowest BCUT2D eigenvalue weighted by atomic mass is 10.1. The van der Waals surface area contributed by atoms with Crippen molar-refractivity contribution < 1.29 is 17.9 Å². The first-order valence-corrected chi connectivity index (χ1v) is 6.40. The Labute approximate surface area is 83.5 Å². The van der Waals surface area contributed by atoms with Crippen LogP contribution < -0.4 is 5.73 Å². The largest absolute Gasteiger partial charge is 0.465 e. The van der Waals surface area contributed by atoms with Crippen LogP contribution in [0, 0.1) is 5.41 Å². The van der Waals surface area contributed by atoms with Crippen molar-refractivity contribution >= 4 is 15.8 Å². The van der Waals surface area contributed by atoms with Crippen molar-refractivity contribution in [3.05, 3.63) is 0 Å². The maximum Gasteiger partial charge on any atom is 0.314 e. The summed E-state index contributed by atoms with van der Waals surface area (Å²) in [6.45, 7) is 1.96. The number of nitrogens with two attached hydrogens (primary N) is 1. The average molecular weight is 221 g/mol. The van der Waals surface area contributed by atoms with E-state index in [0.29, 0.717) is 6.42 Å². The third kappa shape index (κ3) is 1.76. The zero-order valence-corrected chi connectivity index (χ0v) is 9.13. The van der Waals surface area contributed by atoms with E-state index in [0.717, 1.165) is 6.26 Å². The van der Waals surface area contributed by atoms with Gasteiger partial charge in [0.1, 0.15) is 0 Å². The predicted octanol–water partition coefficient (Wildman–Crippen LogP) is -0.688. The maximum atomic E-state index is 11.4. The van der Waals surface area contributed by atoms with E-state index in [2.05, 4.69) is 0 Å². The first kappa shape index (κ1) is 11.5. The van der Waals surface area contributed by atoms with Crippen LogP contribution in [0.5, 0.6) is 0 Å². The van der Waals surface area contributed by atoms with Crippen molar-refractivity contribution in [1.82, 2.24) is 0 Å². The summed E-state index contributed by atoms with van der Waals surface area (Å²) in [7, 11) is -3.19. The number of carbonyl (C=O) groups is 1. The standard InChI is InChI=1S/C8H15NO4S/c1-3-13-7(10)8(5-9)4-6(8)14(2,11)12/h6H,3-5,9H2,1-2H3/t6-,8-/m1/s1. The highest BCUT2D eigenvalue weighted by Gasteiger charge is 2.65. The lowest BCUT2D eigenvalue weighted by Gasteiger charge is -2.12. The van der Waals surface area contributed by atoms with Gasteiger partial charge in [-0.05, 0) is 13.3 Å². The first-order chi connectivity index (χ1) is 6.38. The Morgan fingerprint density at radius 2 is 2.21 bits per heavy atom. The molecule has 1 fully saturated rings. The van der Waals surface area contributed by atoms with Crippen molar-refractivity contribution in [2.24, 2.45) is 11.1 Å². The van der Waals surface area contributed by atoms with E-state index in [-0.39, 0.29) is 13.2 Å². The fourth-order valence-corrected chi connectivity index (χ4v) is 3.23. The second kappa shape index (κ2) is 3.51. The van der Waals surface area contributed by atoms with Crippen LogP contribution in [0.3, 0.4) is 0 Å². The highest BCUT2D eigenvalue weighted by atomic mass is 32.2. The van der Waals surface area contributed by atoms with Crippen LogP contribution in [0.25, 0.3) is 0 Å². The zero-order chi connectivity index (χ0) is 11.0. The molecule has 0 heterocycles. The summed E-state index contributed by atoms with van der Waals surface area (Å²) in [6, 6.07) is 0.